The van der Waals surface area contributed by atoms with Gasteiger partial charge in [-0.25, -0.2) is 0 Å². The van der Waals surface area contributed by atoms with E-state index in [9.17, 15) is 10.1 Å². The Morgan fingerprint density at radius 3 is 2.39 bits per heavy atom. The third kappa shape index (κ3) is 2.27. The van der Waals surface area contributed by atoms with Gasteiger partial charge in [0.2, 0.25) is 0 Å². The predicted molar refractivity (Wildman–Crippen MR) is 74.2 cm³/mol. The van der Waals surface area contributed by atoms with E-state index in [1.54, 1.807) is 18.2 Å². The summed E-state index contributed by atoms with van der Waals surface area (Å²) in [6.07, 6.45) is 5.28. The van der Waals surface area contributed by atoms with E-state index in [0.717, 1.165) is 16.7 Å². The molecule has 0 aliphatic heterocycles. The molecule has 2 rings (SSSR count). The van der Waals surface area contributed by atoms with E-state index in [-0.39, 0.29) is 5.69 Å². The fraction of sp³-hybridized carbons (Fsp3) is 0. The van der Waals surface area contributed by atoms with Crippen molar-refractivity contribution in [3.8, 4) is 23.5 Å². The van der Waals surface area contributed by atoms with Gasteiger partial charge in [0.1, 0.15) is 4.47 Å². The lowest BCUT2D eigenvalue weighted by Crippen LogP contribution is -1.91. The third-order valence-corrected chi connectivity index (χ3v) is 3.37. The number of halogens is 1. The van der Waals surface area contributed by atoms with Gasteiger partial charge in [-0.05, 0) is 33.6 Å². The van der Waals surface area contributed by atoms with Crippen molar-refractivity contribution in [2.24, 2.45) is 0 Å². The molecule has 0 saturated carbocycles. The van der Waals surface area contributed by atoms with Crippen molar-refractivity contribution < 1.29 is 4.92 Å². The molecule has 0 fully saturated rings. The van der Waals surface area contributed by atoms with Crippen molar-refractivity contribution in [1.29, 1.82) is 0 Å². The highest BCUT2D eigenvalue weighted by Crippen LogP contribution is 2.35. The Morgan fingerprint density at radius 1 is 1.17 bits per heavy atom. The number of rotatable bonds is 2. The minimum Gasteiger partial charge on any atom is -0.258 e. The molecule has 0 aromatic heterocycles. The minimum atomic E-state index is -0.413. The molecule has 0 atom stereocenters. The van der Waals surface area contributed by atoms with Crippen LogP contribution in [0.1, 0.15) is 5.56 Å². The van der Waals surface area contributed by atoms with Crippen molar-refractivity contribution in [1.82, 2.24) is 0 Å². The van der Waals surface area contributed by atoms with Crippen LogP contribution in [0.4, 0.5) is 5.69 Å². The Balaban J connectivity index is 2.54. The first kappa shape index (κ1) is 12.3. The van der Waals surface area contributed by atoms with Gasteiger partial charge < -0.3 is 0 Å². The number of terminal acetylenes is 1. The van der Waals surface area contributed by atoms with Gasteiger partial charge in [0.05, 0.1) is 4.92 Å². The Morgan fingerprint density at radius 2 is 1.83 bits per heavy atom. The maximum Gasteiger partial charge on any atom is 0.284 e. The van der Waals surface area contributed by atoms with Crippen molar-refractivity contribution >= 4 is 21.6 Å². The number of hydrogen-bond acceptors (Lipinski definition) is 2. The summed E-state index contributed by atoms with van der Waals surface area (Å²) < 4.78 is 0.475. The van der Waals surface area contributed by atoms with Gasteiger partial charge in [-0.15, -0.1) is 6.42 Å². The maximum absolute atomic E-state index is 10.9. The van der Waals surface area contributed by atoms with Crippen LogP contribution < -0.4 is 0 Å². The summed E-state index contributed by atoms with van der Waals surface area (Å²) in [5.41, 5.74) is 2.48. The fourth-order valence-corrected chi connectivity index (χ4v) is 2.27. The monoisotopic (exact) mass is 301 g/mol. The SMILES string of the molecule is C#Cc1ccc(-c2cccc([N+](=O)[O-])c2Br)cc1. The predicted octanol–water partition coefficient (Wildman–Crippen LogP) is 4.01. The highest BCUT2D eigenvalue weighted by atomic mass is 79.9. The summed E-state index contributed by atoms with van der Waals surface area (Å²) >= 11 is 3.27. The average Bonchev–Trinajstić information content (AvgIpc) is 2.39. The van der Waals surface area contributed by atoms with Crippen LogP contribution in [0.15, 0.2) is 46.9 Å². The van der Waals surface area contributed by atoms with Crippen LogP contribution in [0.2, 0.25) is 0 Å². The van der Waals surface area contributed by atoms with Crippen LogP contribution in [-0.2, 0) is 0 Å². The molecule has 0 unspecified atom stereocenters. The summed E-state index contributed by atoms with van der Waals surface area (Å²) in [5, 5.41) is 10.9. The van der Waals surface area contributed by atoms with Gasteiger partial charge in [0.15, 0.2) is 0 Å². The number of nitro groups is 1. The molecule has 2 aromatic rings. The fourth-order valence-electron chi connectivity index (χ4n) is 1.63. The zero-order valence-electron chi connectivity index (χ0n) is 9.26. The molecule has 18 heavy (non-hydrogen) atoms. The molecular weight excluding hydrogens is 294 g/mol. The second-order valence-electron chi connectivity index (χ2n) is 3.62. The smallest absolute Gasteiger partial charge is 0.258 e. The highest BCUT2D eigenvalue weighted by molar-refractivity contribution is 9.10. The van der Waals surface area contributed by atoms with Crippen molar-refractivity contribution in [3.63, 3.8) is 0 Å². The molecule has 0 bridgehead atoms. The number of nitro benzene ring substituents is 1. The average molecular weight is 302 g/mol. The first-order valence-electron chi connectivity index (χ1n) is 5.13. The molecule has 0 heterocycles. The van der Waals surface area contributed by atoms with Crippen LogP contribution in [0.5, 0.6) is 0 Å². The molecule has 0 amide bonds. The topological polar surface area (TPSA) is 43.1 Å². The first-order chi connectivity index (χ1) is 8.63. The molecule has 88 valence electrons. The molecule has 0 N–H and O–H groups in total. The van der Waals surface area contributed by atoms with E-state index < -0.39 is 4.92 Å². The molecule has 0 aliphatic carbocycles. The Kier molecular flexibility index (Phi) is 3.45. The molecular formula is C14H8BrNO2. The second-order valence-corrected chi connectivity index (χ2v) is 4.41. The van der Waals surface area contributed by atoms with Crippen LogP contribution in [0.25, 0.3) is 11.1 Å². The standard InChI is InChI=1S/C14H8BrNO2/c1-2-10-6-8-11(9-7-10)12-4-3-5-13(14(12)15)16(17)18/h1,3-9H. The Bertz CT molecular complexity index is 642. The zero-order valence-corrected chi connectivity index (χ0v) is 10.8. The number of hydrogen-bond donors (Lipinski definition) is 0. The Hall–Kier alpha value is -2.12. The molecule has 0 spiro atoms. The first-order valence-corrected chi connectivity index (χ1v) is 5.92. The van der Waals surface area contributed by atoms with E-state index in [4.69, 9.17) is 6.42 Å². The van der Waals surface area contributed by atoms with Crippen LogP contribution >= 0.6 is 15.9 Å². The van der Waals surface area contributed by atoms with Crippen LogP contribution in [0.3, 0.4) is 0 Å². The van der Waals surface area contributed by atoms with E-state index in [1.807, 2.05) is 18.2 Å². The van der Waals surface area contributed by atoms with Crippen LogP contribution in [0, 0.1) is 22.5 Å². The molecule has 0 aliphatic rings. The molecule has 2 aromatic carbocycles. The highest BCUT2D eigenvalue weighted by Gasteiger charge is 2.15. The number of nitrogens with zero attached hydrogens (tertiary/aromatic N) is 1. The molecule has 3 nitrogen and oxygen atoms in total. The lowest BCUT2D eigenvalue weighted by atomic mass is 10.0. The number of benzene rings is 2. The summed E-state index contributed by atoms with van der Waals surface area (Å²) in [5.74, 6) is 2.53. The van der Waals surface area contributed by atoms with E-state index in [2.05, 4.69) is 21.9 Å². The minimum absolute atomic E-state index is 0.0496. The van der Waals surface area contributed by atoms with E-state index in [1.165, 1.54) is 6.07 Å². The lowest BCUT2D eigenvalue weighted by molar-refractivity contribution is -0.385. The van der Waals surface area contributed by atoms with Gasteiger partial charge in [0, 0.05) is 17.2 Å². The third-order valence-electron chi connectivity index (χ3n) is 2.54. The quantitative estimate of drug-likeness (QED) is 0.478. The van der Waals surface area contributed by atoms with Gasteiger partial charge in [-0.1, -0.05) is 30.2 Å². The van der Waals surface area contributed by atoms with Crippen molar-refractivity contribution in [3.05, 3.63) is 62.6 Å². The Labute approximate surface area is 113 Å². The van der Waals surface area contributed by atoms with Gasteiger partial charge in [-0.2, -0.15) is 0 Å². The largest absolute Gasteiger partial charge is 0.284 e. The van der Waals surface area contributed by atoms with Gasteiger partial charge in [0.25, 0.3) is 5.69 Å². The van der Waals surface area contributed by atoms with Crippen molar-refractivity contribution in [2.45, 2.75) is 0 Å². The second kappa shape index (κ2) is 5.03. The van der Waals surface area contributed by atoms with E-state index >= 15 is 0 Å². The van der Waals surface area contributed by atoms with Crippen LogP contribution in [-0.4, -0.2) is 4.92 Å². The van der Waals surface area contributed by atoms with Gasteiger partial charge >= 0.3 is 0 Å². The van der Waals surface area contributed by atoms with Gasteiger partial charge in [-0.3, -0.25) is 10.1 Å². The lowest BCUT2D eigenvalue weighted by Gasteiger charge is -2.05. The zero-order chi connectivity index (χ0) is 13.1. The van der Waals surface area contributed by atoms with E-state index in [0.29, 0.717) is 4.47 Å². The summed E-state index contributed by atoms with van der Waals surface area (Å²) in [7, 11) is 0. The normalized spacial score (nSPS) is 9.78. The van der Waals surface area contributed by atoms with Crippen molar-refractivity contribution in [2.75, 3.05) is 0 Å². The summed E-state index contributed by atoms with van der Waals surface area (Å²) in [6, 6.07) is 12.2. The summed E-state index contributed by atoms with van der Waals surface area (Å²) in [6.45, 7) is 0. The summed E-state index contributed by atoms with van der Waals surface area (Å²) in [4.78, 5) is 10.4. The molecule has 4 heteroatoms. The molecule has 0 radical (unpaired) electrons. The molecule has 0 saturated heterocycles. The maximum atomic E-state index is 10.9.